The first kappa shape index (κ1) is 12.5. The molecule has 5 heteroatoms. The van der Waals surface area contributed by atoms with Crippen LogP contribution in [0, 0.1) is 11.8 Å². The lowest BCUT2D eigenvalue weighted by molar-refractivity contribution is 0.0952. The van der Waals surface area contributed by atoms with Crippen molar-refractivity contribution < 1.29 is 9.90 Å². The van der Waals surface area contributed by atoms with Crippen LogP contribution in [0.5, 0.6) is 5.75 Å². The van der Waals surface area contributed by atoms with Gasteiger partial charge in [-0.15, -0.1) is 0 Å². The number of nitrogens with one attached hydrogen (secondary N) is 1. The van der Waals surface area contributed by atoms with Crippen molar-refractivity contribution in [1.29, 1.82) is 0 Å². The zero-order valence-corrected chi connectivity index (χ0v) is 11.2. The van der Waals surface area contributed by atoms with Crippen LogP contribution in [-0.2, 0) is 0 Å². The Balaban J connectivity index is 1.70. The highest BCUT2D eigenvalue weighted by atomic mass is 35.5. The second-order valence-corrected chi connectivity index (χ2v) is 5.72. The van der Waals surface area contributed by atoms with E-state index in [-0.39, 0.29) is 11.3 Å². The molecule has 0 aliphatic heterocycles. The molecule has 4 nitrogen and oxygen atoms in total. The van der Waals surface area contributed by atoms with Gasteiger partial charge in [0.05, 0.1) is 5.56 Å². The SMILES string of the molecule is O=C(N/N=C1\C[C@@H]2CC[C@H]1C2)c1ccc(Cl)cc1O. The summed E-state index contributed by atoms with van der Waals surface area (Å²) >= 11 is 5.73. The number of hydrogen-bond donors (Lipinski definition) is 2. The Hall–Kier alpha value is -1.55. The Labute approximate surface area is 116 Å². The molecule has 0 aromatic heterocycles. The van der Waals surface area contributed by atoms with Gasteiger partial charge in [0.25, 0.3) is 5.91 Å². The number of aromatic hydroxyl groups is 1. The van der Waals surface area contributed by atoms with E-state index in [0.717, 1.165) is 18.1 Å². The Kier molecular flexibility index (Phi) is 3.19. The molecule has 2 saturated carbocycles. The van der Waals surface area contributed by atoms with E-state index in [1.807, 2.05) is 0 Å². The second-order valence-electron chi connectivity index (χ2n) is 5.29. The number of benzene rings is 1. The Bertz CT molecular complexity index is 556. The summed E-state index contributed by atoms with van der Waals surface area (Å²) in [7, 11) is 0. The molecule has 0 spiro atoms. The van der Waals surface area contributed by atoms with E-state index in [9.17, 15) is 9.90 Å². The summed E-state index contributed by atoms with van der Waals surface area (Å²) in [5, 5.41) is 14.3. The summed E-state index contributed by atoms with van der Waals surface area (Å²) in [5.41, 5.74) is 3.82. The van der Waals surface area contributed by atoms with Gasteiger partial charge in [-0.25, -0.2) is 5.43 Å². The molecule has 1 aromatic rings. The van der Waals surface area contributed by atoms with E-state index in [1.54, 1.807) is 6.07 Å². The number of phenolic OH excluding ortho intramolecular Hbond substituents is 1. The highest BCUT2D eigenvalue weighted by Crippen LogP contribution is 2.42. The van der Waals surface area contributed by atoms with Gasteiger partial charge in [0.2, 0.25) is 0 Å². The van der Waals surface area contributed by atoms with Gasteiger partial charge in [0, 0.05) is 10.7 Å². The van der Waals surface area contributed by atoms with Gasteiger partial charge in [-0.05, 0) is 55.7 Å². The molecule has 2 bridgehead atoms. The number of phenols is 1. The minimum Gasteiger partial charge on any atom is -0.507 e. The van der Waals surface area contributed by atoms with Crippen molar-refractivity contribution in [3.8, 4) is 5.75 Å². The van der Waals surface area contributed by atoms with Crippen LogP contribution in [0.1, 0.15) is 36.0 Å². The molecule has 2 N–H and O–H groups in total. The Morgan fingerprint density at radius 1 is 1.42 bits per heavy atom. The zero-order chi connectivity index (χ0) is 13.4. The number of nitrogens with zero attached hydrogens (tertiary/aromatic N) is 1. The van der Waals surface area contributed by atoms with Crippen LogP contribution < -0.4 is 5.43 Å². The number of amides is 1. The predicted molar refractivity (Wildman–Crippen MR) is 73.5 cm³/mol. The van der Waals surface area contributed by atoms with Crippen molar-refractivity contribution in [3.63, 3.8) is 0 Å². The third-order valence-corrected chi connectivity index (χ3v) is 4.25. The lowest BCUT2D eigenvalue weighted by Crippen LogP contribution is -2.22. The van der Waals surface area contributed by atoms with E-state index < -0.39 is 5.91 Å². The van der Waals surface area contributed by atoms with Crippen molar-refractivity contribution in [2.75, 3.05) is 0 Å². The van der Waals surface area contributed by atoms with Crippen LogP contribution in [-0.4, -0.2) is 16.7 Å². The van der Waals surface area contributed by atoms with Gasteiger partial charge in [0.15, 0.2) is 0 Å². The molecule has 0 unspecified atom stereocenters. The normalized spacial score (nSPS) is 26.9. The number of carbonyl (C=O) groups excluding carboxylic acids is 1. The summed E-state index contributed by atoms with van der Waals surface area (Å²) in [6.07, 6.45) is 4.68. The lowest BCUT2D eigenvalue weighted by Gasteiger charge is -2.11. The first-order chi connectivity index (χ1) is 9.13. The van der Waals surface area contributed by atoms with Crippen LogP contribution in [0.4, 0.5) is 0 Å². The van der Waals surface area contributed by atoms with E-state index in [4.69, 9.17) is 11.6 Å². The lowest BCUT2D eigenvalue weighted by atomic mass is 9.99. The molecule has 2 atom stereocenters. The first-order valence-corrected chi connectivity index (χ1v) is 6.86. The van der Waals surface area contributed by atoms with Crippen molar-refractivity contribution in [2.24, 2.45) is 16.9 Å². The van der Waals surface area contributed by atoms with E-state index in [0.29, 0.717) is 10.9 Å². The molecule has 2 aliphatic carbocycles. The Morgan fingerprint density at radius 3 is 2.89 bits per heavy atom. The molecule has 100 valence electrons. The first-order valence-electron chi connectivity index (χ1n) is 6.49. The predicted octanol–water partition coefficient (Wildman–Crippen LogP) is 2.95. The molecule has 0 radical (unpaired) electrons. The summed E-state index contributed by atoms with van der Waals surface area (Å²) in [6, 6.07) is 4.41. The maximum Gasteiger partial charge on any atom is 0.275 e. The molecule has 0 heterocycles. The monoisotopic (exact) mass is 278 g/mol. The highest BCUT2D eigenvalue weighted by Gasteiger charge is 2.36. The zero-order valence-electron chi connectivity index (χ0n) is 10.4. The van der Waals surface area contributed by atoms with E-state index >= 15 is 0 Å². The van der Waals surface area contributed by atoms with Crippen molar-refractivity contribution in [2.45, 2.75) is 25.7 Å². The maximum absolute atomic E-state index is 11.9. The topological polar surface area (TPSA) is 61.7 Å². The van der Waals surface area contributed by atoms with E-state index in [2.05, 4.69) is 10.5 Å². The van der Waals surface area contributed by atoms with Crippen LogP contribution in [0.3, 0.4) is 0 Å². The average molecular weight is 279 g/mol. The molecule has 2 aliphatic rings. The smallest absolute Gasteiger partial charge is 0.275 e. The van der Waals surface area contributed by atoms with Crippen LogP contribution in [0.2, 0.25) is 5.02 Å². The second kappa shape index (κ2) is 4.85. The number of fused-ring (bicyclic) bond motifs is 2. The fourth-order valence-corrected chi connectivity index (χ4v) is 3.21. The van der Waals surface area contributed by atoms with Crippen LogP contribution in [0.25, 0.3) is 0 Å². The summed E-state index contributed by atoms with van der Waals surface area (Å²) in [5.74, 6) is 0.774. The minimum atomic E-state index is -0.399. The summed E-state index contributed by atoms with van der Waals surface area (Å²) in [6.45, 7) is 0. The summed E-state index contributed by atoms with van der Waals surface area (Å²) < 4.78 is 0. The third kappa shape index (κ3) is 2.45. The molecular formula is C14H15ClN2O2. The third-order valence-electron chi connectivity index (χ3n) is 4.02. The van der Waals surface area contributed by atoms with E-state index in [1.165, 1.54) is 31.4 Å². The molecule has 19 heavy (non-hydrogen) atoms. The number of hydrazone groups is 1. The van der Waals surface area contributed by atoms with Crippen molar-refractivity contribution in [1.82, 2.24) is 5.43 Å². The van der Waals surface area contributed by atoms with Gasteiger partial charge < -0.3 is 5.11 Å². The van der Waals surface area contributed by atoms with Crippen molar-refractivity contribution >= 4 is 23.2 Å². The molecule has 1 amide bonds. The van der Waals surface area contributed by atoms with Gasteiger partial charge in [0.1, 0.15) is 5.75 Å². The fourth-order valence-electron chi connectivity index (χ4n) is 3.04. The molecule has 0 saturated heterocycles. The number of carbonyl (C=O) groups is 1. The average Bonchev–Trinajstić information content (AvgIpc) is 2.98. The minimum absolute atomic E-state index is 0.127. The molecular weight excluding hydrogens is 264 g/mol. The number of hydrogen-bond acceptors (Lipinski definition) is 3. The van der Waals surface area contributed by atoms with Gasteiger partial charge in [-0.3, -0.25) is 4.79 Å². The van der Waals surface area contributed by atoms with Crippen LogP contribution >= 0.6 is 11.6 Å². The van der Waals surface area contributed by atoms with Crippen molar-refractivity contribution in [3.05, 3.63) is 28.8 Å². The standard InChI is InChI=1S/C14H15ClN2O2/c15-10-3-4-11(13(18)7-10)14(19)17-16-12-6-8-1-2-9(12)5-8/h3-4,7-9,18H,1-2,5-6H2,(H,17,19)/b16-12+/t8-,9+/m1/s1. The maximum atomic E-state index is 11.9. The van der Waals surface area contributed by atoms with Crippen LogP contribution in [0.15, 0.2) is 23.3 Å². The quantitative estimate of drug-likeness (QED) is 0.817. The number of halogens is 1. The number of rotatable bonds is 2. The van der Waals surface area contributed by atoms with Gasteiger partial charge >= 0.3 is 0 Å². The van der Waals surface area contributed by atoms with Gasteiger partial charge in [-0.1, -0.05) is 11.6 Å². The summed E-state index contributed by atoms with van der Waals surface area (Å²) in [4.78, 5) is 11.9. The largest absolute Gasteiger partial charge is 0.507 e. The molecule has 2 fully saturated rings. The molecule has 3 rings (SSSR count). The molecule has 1 aromatic carbocycles. The fraction of sp³-hybridized carbons (Fsp3) is 0.429. The Morgan fingerprint density at radius 2 is 2.26 bits per heavy atom. The highest BCUT2D eigenvalue weighted by molar-refractivity contribution is 6.30. The van der Waals surface area contributed by atoms with Gasteiger partial charge in [-0.2, -0.15) is 5.10 Å².